The molecule has 0 saturated carbocycles. The third-order valence-corrected chi connectivity index (χ3v) is 3.34. The van der Waals surface area contributed by atoms with E-state index in [4.69, 9.17) is 4.74 Å². The summed E-state index contributed by atoms with van der Waals surface area (Å²) in [5, 5.41) is 0. The third kappa shape index (κ3) is 3.36. The number of nitrogens with zero attached hydrogens (tertiary/aromatic N) is 2. The molecule has 0 unspecified atom stereocenters. The molecule has 4 nitrogen and oxygen atoms in total. The average Bonchev–Trinajstić information content (AvgIpc) is 2.46. The first kappa shape index (κ1) is 14.5. The summed E-state index contributed by atoms with van der Waals surface area (Å²) in [6.45, 7) is 0.653. The number of benzene rings is 1. The van der Waals surface area contributed by atoms with Crippen LogP contribution >= 0.6 is 15.9 Å². The molecule has 0 fully saturated rings. The van der Waals surface area contributed by atoms with E-state index >= 15 is 0 Å². The van der Waals surface area contributed by atoms with Gasteiger partial charge < -0.3 is 9.64 Å². The Bertz CT molecular complexity index is 616. The number of esters is 1. The van der Waals surface area contributed by atoms with Gasteiger partial charge in [-0.2, -0.15) is 0 Å². The number of hydrogen-bond donors (Lipinski definition) is 0. The van der Waals surface area contributed by atoms with Crippen LogP contribution in [0, 0.1) is 0 Å². The lowest BCUT2D eigenvalue weighted by atomic mass is 10.1. The summed E-state index contributed by atoms with van der Waals surface area (Å²) in [5.41, 5.74) is 2.45. The summed E-state index contributed by atoms with van der Waals surface area (Å²) in [6, 6.07) is 9.39. The van der Waals surface area contributed by atoms with E-state index in [0.717, 1.165) is 15.7 Å². The lowest BCUT2D eigenvalue weighted by molar-refractivity contribution is 0.0601. The van der Waals surface area contributed by atoms with Crippen molar-refractivity contribution in [2.75, 3.05) is 19.1 Å². The molecule has 2 rings (SSSR count). The predicted molar refractivity (Wildman–Crippen MR) is 81.8 cm³/mol. The van der Waals surface area contributed by atoms with Gasteiger partial charge in [0.05, 0.1) is 18.4 Å². The second-order valence-electron chi connectivity index (χ2n) is 4.38. The van der Waals surface area contributed by atoms with E-state index in [2.05, 4.69) is 20.9 Å². The normalized spacial score (nSPS) is 10.2. The molecule has 0 atom stereocenters. The predicted octanol–water partition coefficient (Wildman–Crippen LogP) is 3.27. The molecule has 20 heavy (non-hydrogen) atoms. The first-order valence-electron chi connectivity index (χ1n) is 6.09. The van der Waals surface area contributed by atoms with Crippen LogP contribution in [0.25, 0.3) is 0 Å². The number of anilines is 1. The molecule has 0 spiro atoms. The van der Waals surface area contributed by atoms with Crippen molar-refractivity contribution in [2.45, 2.75) is 6.54 Å². The van der Waals surface area contributed by atoms with E-state index in [1.54, 1.807) is 12.3 Å². The van der Waals surface area contributed by atoms with Crippen molar-refractivity contribution in [1.82, 2.24) is 4.98 Å². The quantitative estimate of drug-likeness (QED) is 0.805. The molecule has 0 N–H and O–H groups in total. The largest absolute Gasteiger partial charge is 0.465 e. The van der Waals surface area contributed by atoms with Crippen molar-refractivity contribution in [3.05, 3.63) is 58.3 Å². The van der Waals surface area contributed by atoms with Crippen molar-refractivity contribution in [2.24, 2.45) is 0 Å². The maximum absolute atomic E-state index is 11.8. The lowest BCUT2D eigenvalue weighted by Crippen LogP contribution is -2.19. The molecule has 0 aliphatic heterocycles. The van der Waals surface area contributed by atoms with E-state index in [9.17, 15) is 4.79 Å². The van der Waals surface area contributed by atoms with E-state index in [0.29, 0.717) is 12.1 Å². The van der Waals surface area contributed by atoms with Gasteiger partial charge in [0.15, 0.2) is 0 Å². The van der Waals surface area contributed by atoms with Gasteiger partial charge in [-0.1, -0.05) is 12.1 Å². The molecule has 2 aromatic rings. The molecule has 0 saturated heterocycles. The SMILES string of the molecule is COC(=O)c1ccccc1N(C)Cc1cncc(Br)c1. The monoisotopic (exact) mass is 334 g/mol. The van der Waals surface area contributed by atoms with Crippen molar-refractivity contribution < 1.29 is 9.53 Å². The summed E-state index contributed by atoms with van der Waals surface area (Å²) in [4.78, 5) is 17.9. The van der Waals surface area contributed by atoms with Gasteiger partial charge in [0.25, 0.3) is 0 Å². The van der Waals surface area contributed by atoms with Gasteiger partial charge in [-0.15, -0.1) is 0 Å². The van der Waals surface area contributed by atoms with Crippen LogP contribution in [0.5, 0.6) is 0 Å². The number of pyridine rings is 1. The van der Waals surface area contributed by atoms with E-state index in [1.807, 2.05) is 42.4 Å². The highest BCUT2D eigenvalue weighted by Crippen LogP contribution is 2.22. The van der Waals surface area contributed by atoms with Crippen LogP contribution in [0.3, 0.4) is 0 Å². The fourth-order valence-corrected chi connectivity index (χ4v) is 2.40. The van der Waals surface area contributed by atoms with Crippen LogP contribution in [0.4, 0.5) is 5.69 Å². The molecule has 5 heteroatoms. The van der Waals surface area contributed by atoms with Gasteiger partial charge in [0.1, 0.15) is 0 Å². The standard InChI is InChI=1S/C15H15BrN2O2/c1-18(10-11-7-12(16)9-17-8-11)14-6-4-3-5-13(14)15(19)20-2/h3-9H,10H2,1-2H3. The molecular weight excluding hydrogens is 320 g/mol. The van der Waals surface area contributed by atoms with Gasteiger partial charge in [-0.3, -0.25) is 4.98 Å². The summed E-state index contributed by atoms with van der Waals surface area (Å²) in [6.07, 6.45) is 3.55. The molecule has 0 amide bonds. The number of para-hydroxylation sites is 1. The minimum Gasteiger partial charge on any atom is -0.465 e. The zero-order chi connectivity index (χ0) is 14.5. The molecular formula is C15H15BrN2O2. The molecule has 104 valence electrons. The Labute approximate surface area is 126 Å². The number of rotatable bonds is 4. The molecule has 0 aliphatic carbocycles. The number of halogens is 1. The minimum absolute atomic E-state index is 0.334. The summed E-state index contributed by atoms with van der Waals surface area (Å²) in [7, 11) is 3.32. The smallest absolute Gasteiger partial charge is 0.339 e. The Hall–Kier alpha value is -1.88. The molecule has 1 aromatic heterocycles. The van der Waals surface area contributed by atoms with E-state index in [1.165, 1.54) is 7.11 Å². The van der Waals surface area contributed by atoms with Crippen LogP contribution in [-0.2, 0) is 11.3 Å². The summed E-state index contributed by atoms with van der Waals surface area (Å²) in [5.74, 6) is -0.334. The van der Waals surface area contributed by atoms with Crippen molar-refractivity contribution >= 4 is 27.6 Å². The lowest BCUT2D eigenvalue weighted by Gasteiger charge is -2.21. The fourth-order valence-electron chi connectivity index (χ4n) is 1.99. The number of ether oxygens (including phenoxy) is 1. The van der Waals surface area contributed by atoms with Gasteiger partial charge in [0.2, 0.25) is 0 Å². The summed E-state index contributed by atoms with van der Waals surface area (Å²) >= 11 is 3.40. The van der Waals surface area contributed by atoms with Crippen LogP contribution in [0.15, 0.2) is 47.2 Å². The van der Waals surface area contributed by atoms with Crippen molar-refractivity contribution in [1.29, 1.82) is 0 Å². The molecule has 1 aromatic carbocycles. The molecule has 0 radical (unpaired) electrons. The number of methoxy groups -OCH3 is 1. The maximum Gasteiger partial charge on any atom is 0.339 e. The number of aromatic nitrogens is 1. The second kappa shape index (κ2) is 6.52. The zero-order valence-electron chi connectivity index (χ0n) is 11.3. The van der Waals surface area contributed by atoms with E-state index < -0.39 is 0 Å². The van der Waals surface area contributed by atoms with Gasteiger partial charge in [0, 0.05) is 30.5 Å². The molecule has 0 aliphatic rings. The Morgan fingerprint density at radius 1 is 1.35 bits per heavy atom. The van der Waals surface area contributed by atoms with Gasteiger partial charge in [-0.05, 0) is 39.7 Å². The highest BCUT2D eigenvalue weighted by molar-refractivity contribution is 9.10. The van der Waals surface area contributed by atoms with Crippen molar-refractivity contribution in [3.8, 4) is 0 Å². The topological polar surface area (TPSA) is 42.4 Å². The van der Waals surface area contributed by atoms with Gasteiger partial charge >= 0.3 is 5.97 Å². The number of carbonyl (C=O) groups is 1. The molecule has 0 bridgehead atoms. The Morgan fingerprint density at radius 2 is 2.10 bits per heavy atom. The summed E-state index contributed by atoms with van der Waals surface area (Å²) < 4.78 is 5.75. The van der Waals surface area contributed by atoms with Crippen LogP contribution < -0.4 is 4.90 Å². The Balaban J connectivity index is 2.25. The Morgan fingerprint density at radius 3 is 2.80 bits per heavy atom. The highest BCUT2D eigenvalue weighted by Gasteiger charge is 2.14. The first-order chi connectivity index (χ1) is 9.61. The third-order valence-electron chi connectivity index (χ3n) is 2.90. The Kier molecular flexibility index (Phi) is 4.74. The molecule has 1 heterocycles. The highest BCUT2D eigenvalue weighted by atomic mass is 79.9. The second-order valence-corrected chi connectivity index (χ2v) is 5.29. The van der Waals surface area contributed by atoms with Crippen LogP contribution in [0.1, 0.15) is 15.9 Å². The first-order valence-corrected chi connectivity index (χ1v) is 6.89. The van der Waals surface area contributed by atoms with Crippen LogP contribution in [-0.4, -0.2) is 25.1 Å². The minimum atomic E-state index is -0.334. The van der Waals surface area contributed by atoms with Gasteiger partial charge in [-0.25, -0.2) is 4.79 Å². The average molecular weight is 335 g/mol. The van der Waals surface area contributed by atoms with Crippen LogP contribution in [0.2, 0.25) is 0 Å². The number of carbonyl (C=O) groups excluding carboxylic acids is 1. The fraction of sp³-hybridized carbons (Fsp3) is 0.200. The van der Waals surface area contributed by atoms with Crippen molar-refractivity contribution in [3.63, 3.8) is 0 Å². The zero-order valence-corrected chi connectivity index (χ0v) is 12.9. The van der Waals surface area contributed by atoms with E-state index in [-0.39, 0.29) is 5.97 Å². The maximum atomic E-state index is 11.8. The number of hydrogen-bond acceptors (Lipinski definition) is 4.